The van der Waals surface area contributed by atoms with Gasteiger partial charge in [-0.05, 0) is 54.8 Å². The highest BCUT2D eigenvalue weighted by Gasteiger charge is 2.35. The zero-order valence-corrected chi connectivity index (χ0v) is 26.1. The third-order valence-electron chi connectivity index (χ3n) is 6.75. The van der Waals surface area contributed by atoms with Crippen LogP contribution in [0.2, 0.25) is 10.0 Å². The van der Waals surface area contributed by atoms with Gasteiger partial charge in [0.15, 0.2) is 0 Å². The maximum atomic E-state index is 14.1. The minimum Gasteiger partial charge on any atom is -0.352 e. The molecular weight excluding hydrogens is 626 g/mol. The summed E-state index contributed by atoms with van der Waals surface area (Å²) in [5.74, 6) is -1.29. The summed E-state index contributed by atoms with van der Waals surface area (Å²) in [7, 11) is -4.24. The lowest BCUT2D eigenvalue weighted by molar-refractivity contribution is -0.140. The number of hydrogen-bond donors (Lipinski definition) is 1. The second kappa shape index (κ2) is 14.5. The summed E-state index contributed by atoms with van der Waals surface area (Å²) in [6.45, 7) is 2.67. The number of rotatable bonds is 12. The van der Waals surface area contributed by atoms with Crippen molar-refractivity contribution in [3.05, 3.63) is 99.5 Å². The number of amides is 2. The predicted octanol–water partition coefficient (Wildman–Crippen LogP) is 6.33. The molecule has 3 aromatic rings. The van der Waals surface area contributed by atoms with Gasteiger partial charge in [0.05, 0.1) is 27.6 Å². The Morgan fingerprint density at radius 3 is 2.19 bits per heavy atom. The van der Waals surface area contributed by atoms with E-state index < -0.39 is 46.2 Å². The zero-order valence-electron chi connectivity index (χ0n) is 23.7. The van der Waals surface area contributed by atoms with E-state index in [-0.39, 0.29) is 34.7 Å². The van der Waals surface area contributed by atoms with E-state index in [0.717, 1.165) is 24.0 Å². The lowest BCUT2D eigenvalue weighted by Gasteiger charge is -2.34. The molecule has 43 heavy (non-hydrogen) atoms. The fourth-order valence-electron chi connectivity index (χ4n) is 4.28. The average molecular weight is 659 g/mol. The smallest absolute Gasteiger partial charge is 0.352 e. The number of benzene rings is 3. The van der Waals surface area contributed by atoms with Gasteiger partial charge in [0.2, 0.25) is 21.8 Å². The number of carbonyl (C=O) groups is 2. The molecule has 2 atom stereocenters. The average Bonchev–Trinajstić information content (AvgIpc) is 2.94. The van der Waals surface area contributed by atoms with Gasteiger partial charge in [0.25, 0.3) is 0 Å². The molecule has 0 spiro atoms. The molecule has 0 bridgehead atoms. The molecule has 0 radical (unpaired) electrons. The molecule has 1 N–H and O–H groups in total. The number of nitrogens with zero attached hydrogens (tertiary/aromatic N) is 2. The van der Waals surface area contributed by atoms with E-state index in [1.165, 1.54) is 23.1 Å². The number of alkyl halides is 3. The molecule has 3 aromatic carbocycles. The maximum Gasteiger partial charge on any atom is 0.416 e. The Morgan fingerprint density at radius 2 is 1.60 bits per heavy atom. The van der Waals surface area contributed by atoms with Crippen molar-refractivity contribution in [2.45, 2.75) is 51.5 Å². The zero-order chi connectivity index (χ0) is 31.9. The fraction of sp³-hybridized carbons (Fsp3) is 0.333. The molecule has 232 valence electrons. The van der Waals surface area contributed by atoms with Gasteiger partial charge in [-0.2, -0.15) is 13.2 Å². The highest BCUT2D eigenvalue weighted by atomic mass is 35.5. The molecule has 7 nitrogen and oxygen atoms in total. The molecular formula is C30H32Cl2F3N3O4S. The van der Waals surface area contributed by atoms with Crippen LogP contribution < -0.4 is 9.62 Å². The lowest BCUT2D eigenvalue weighted by atomic mass is 10.0. The number of nitrogens with one attached hydrogen (secondary N) is 1. The van der Waals surface area contributed by atoms with Crippen LogP contribution in [0.15, 0.2) is 72.8 Å². The second-order valence-corrected chi connectivity index (χ2v) is 12.8. The Hall–Kier alpha value is -3.28. The first kappa shape index (κ1) is 34.2. The third-order valence-corrected chi connectivity index (χ3v) is 8.63. The molecule has 0 heterocycles. The third kappa shape index (κ3) is 9.61. The van der Waals surface area contributed by atoms with Crippen molar-refractivity contribution >= 4 is 50.7 Å². The van der Waals surface area contributed by atoms with Gasteiger partial charge in [0, 0.05) is 19.0 Å². The Balaban J connectivity index is 2.11. The molecule has 0 aromatic heterocycles. The topological polar surface area (TPSA) is 86.8 Å². The van der Waals surface area contributed by atoms with Gasteiger partial charge >= 0.3 is 6.18 Å². The van der Waals surface area contributed by atoms with Crippen LogP contribution in [0.1, 0.15) is 37.0 Å². The van der Waals surface area contributed by atoms with E-state index >= 15 is 0 Å². The summed E-state index contributed by atoms with van der Waals surface area (Å²) >= 11 is 12.3. The standard InChI is InChI=1S/C30H32Cl2F3N3O4S/c1-4-20(2)36-29(40)27(16-21-9-6-5-7-10-21)37(18-22-13-14-25(31)26(32)15-22)28(39)19-38(43(3,41)42)24-12-8-11-23(17-24)30(33,34)35/h5-15,17,20,27H,4,16,18-19H2,1-3H3,(H,36,40). The van der Waals surface area contributed by atoms with E-state index in [2.05, 4.69) is 5.32 Å². The van der Waals surface area contributed by atoms with Gasteiger partial charge in [0.1, 0.15) is 12.6 Å². The van der Waals surface area contributed by atoms with Crippen LogP contribution in [0, 0.1) is 0 Å². The monoisotopic (exact) mass is 657 g/mol. The molecule has 0 aliphatic carbocycles. The molecule has 2 amide bonds. The molecule has 0 fully saturated rings. The van der Waals surface area contributed by atoms with E-state index in [1.54, 1.807) is 36.4 Å². The SMILES string of the molecule is CCC(C)NC(=O)C(Cc1ccccc1)N(Cc1ccc(Cl)c(Cl)c1)C(=O)CN(c1cccc(C(F)(F)F)c1)S(C)(=O)=O. The maximum absolute atomic E-state index is 14.1. The minimum absolute atomic E-state index is 0.0819. The fourth-order valence-corrected chi connectivity index (χ4v) is 5.44. The Labute approximate surface area is 259 Å². The predicted molar refractivity (Wildman–Crippen MR) is 162 cm³/mol. The summed E-state index contributed by atoms with van der Waals surface area (Å²) in [5.41, 5.74) is -0.184. The largest absolute Gasteiger partial charge is 0.416 e. The summed E-state index contributed by atoms with van der Waals surface area (Å²) in [6.07, 6.45) is -3.25. The first-order valence-corrected chi connectivity index (χ1v) is 15.9. The molecule has 0 saturated heterocycles. The van der Waals surface area contributed by atoms with Crippen molar-refractivity contribution in [3.8, 4) is 0 Å². The van der Waals surface area contributed by atoms with Crippen LogP contribution in [-0.2, 0) is 38.8 Å². The molecule has 2 unspecified atom stereocenters. The van der Waals surface area contributed by atoms with Crippen molar-refractivity contribution < 1.29 is 31.2 Å². The van der Waals surface area contributed by atoms with Crippen molar-refractivity contribution in [3.63, 3.8) is 0 Å². The van der Waals surface area contributed by atoms with E-state index in [0.29, 0.717) is 22.4 Å². The van der Waals surface area contributed by atoms with Gasteiger partial charge in [-0.25, -0.2) is 8.42 Å². The van der Waals surface area contributed by atoms with Crippen LogP contribution in [0.5, 0.6) is 0 Å². The summed E-state index contributed by atoms with van der Waals surface area (Å²) < 4.78 is 66.6. The minimum atomic E-state index is -4.74. The summed E-state index contributed by atoms with van der Waals surface area (Å²) in [5, 5.41) is 3.37. The van der Waals surface area contributed by atoms with E-state index in [1.807, 2.05) is 13.8 Å². The van der Waals surface area contributed by atoms with Gasteiger partial charge in [-0.1, -0.05) is 72.6 Å². The van der Waals surface area contributed by atoms with Crippen molar-refractivity contribution in [1.29, 1.82) is 0 Å². The highest BCUT2D eigenvalue weighted by molar-refractivity contribution is 7.92. The number of hydrogen-bond acceptors (Lipinski definition) is 4. The van der Waals surface area contributed by atoms with E-state index in [4.69, 9.17) is 23.2 Å². The van der Waals surface area contributed by atoms with Crippen LogP contribution in [0.4, 0.5) is 18.9 Å². The highest BCUT2D eigenvalue weighted by Crippen LogP contribution is 2.32. The van der Waals surface area contributed by atoms with Crippen molar-refractivity contribution in [2.24, 2.45) is 0 Å². The molecule has 0 aliphatic heterocycles. The number of anilines is 1. The van der Waals surface area contributed by atoms with Crippen LogP contribution >= 0.6 is 23.2 Å². The Kier molecular flexibility index (Phi) is 11.5. The van der Waals surface area contributed by atoms with Crippen molar-refractivity contribution in [2.75, 3.05) is 17.1 Å². The Morgan fingerprint density at radius 1 is 0.930 bits per heavy atom. The van der Waals surface area contributed by atoms with Gasteiger partial charge in [-0.3, -0.25) is 13.9 Å². The number of halogens is 5. The van der Waals surface area contributed by atoms with E-state index in [9.17, 15) is 31.2 Å². The normalized spacial score (nSPS) is 13.2. The first-order chi connectivity index (χ1) is 20.1. The molecule has 0 aliphatic rings. The van der Waals surface area contributed by atoms with Crippen molar-refractivity contribution in [1.82, 2.24) is 10.2 Å². The summed E-state index contributed by atoms with van der Waals surface area (Å²) in [6, 6.07) is 16.0. The number of sulfonamides is 1. The first-order valence-electron chi connectivity index (χ1n) is 13.3. The van der Waals surface area contributed by atoms with Crippen LogP contribution in [-0.4, -0.2) is 50.0 Å². The van der Waals surface area contributed by atoms with Crippen LogP contribution in [0.25, 0.3) is 0 Å². The molecule has 3 rings (SSSR count). The van der Waals surface area contributed by atoms with Gasteiger partial charge in [-0.15, -0.1) is 0 Å². The number of carbonyl (C=O) groups excluding carboxylic acids is 2. The quantitative estimate of drug-likeness (QED) is 0.247. The second-order valence-electron chi connectivity index (χ2n) is 10.1. The molecule has 0 saturated carbocycles. The summed E-state index contributed by atoms with van der Waals surface area (Å²) in [4.78, 5) is 29.0. The molecule has 13 heteroatoms. The van der Waals surface area contributed by atoms with Gasteiger partial charge < -0.3 is 10.2 Å². The Bertz CT molecular complexity index is 1540. The van der Waals surface area contributed by atoms with Crippen LogP contribution in [0.3, 0.4) is 0 Å². The lowest BCUT2D eigenvalue weighted by Crippen LogP contribution is -2.54.